The molecule has 1 aliphatic rings. The Labute approximate surface area is 149 Å². The zero-order chi connectivity index (χ0) is 18.8. The van der Waals surface area contributed by atoms with Crippen LogP contribution in [0, 0.1) is 0 Å². The Morgan fingerprint density at radius 2 is 1.80 bits per heavy atom. The van der Waals surface area contributed by atoms with Gasteiger partial charge >= 0.3 is 13.1 Å². The summed E-state index contributed by atoms with van der Waals surface area (Å²) >= 11 is 0. The van der Waals surface area contributed by atoms with E-state index in [4.69, 9.17) is 24.5 Å². The molecular formula is C18H26BNO5. The molecule has 0 saturated carbocycles. The van der Waals surface area contributed by atoms with E-state index < -0.39 is 24.3 Å². The Morgan fingerprint density at radius 3 is 2.28 bits per heavy atom. The molecule has 2 rings (SSSR count). The molecule has 0 bridgehead atoms. The molecule has 0 amide bonds. The minimum Gasteiger partial charge on any atom is -0.496 e. The van der Waals surface area contributed by atoms with E-state index in [0.29, 0.717) is 11.3 Å². The maximum atomic E-state index is 11.8. The van der Waals surface area contributed by atoms with Gasteiger partial charge in [0.1, 0.15) is 11.3 Å². The lowest BCUT2D eigenvalue weighted by atomic mass is 9.77. The summed E-state index contributed by atoms with van der Waals surface area (Å²) in [4.78, 5) is 11.8. The first kappa shape index (κ1) is 19.5. The molecule has 0 unspecified atom stereocenters. The van der Waals surface area contributed by atoms with Crippen LogP contribution in [0.3, 0.4) is 0 Å². The molecule has 0 radical (unpaired) electrons. The molecule has 0 aromatic heterocycles. The minimum atomic E-state index is -0.513. The van der Waals surface area contributed by atoms with Crippen LogP contribution in [0.5, 0.6) is 5.75 Å². The Kier molecular flexibility index (Phi) is 5.61. The van der Waals surface area contributed by atoms with Crippen LogP contribution in [0.2, 0.25) is 0 Å². The van der Waals surface area contributed by atoms with Gasteiger partial charge in [0.05, 0.1) is 25.4 Å². The van der Waals surface area contributed by atoms with Gasteiger partial charge in [-0.25, -0.2) is 4.79 Å². The van der Waals surface area contributed by atoms with Crippen LogP contribution in [0.1, 0.15) is 43.6 Å². The molecule has 0 spiro atoms. The Bertz CT molecular complexity index is 668. The zero-order valence-corrected chi connectivity index (χ0v) is 15.7. The number of nitrogens with two attached hydrogens (primary N) is 1. The molecular weight excluding hydrogens is 321 g/mol. The predicted octanol–water partition coefficient (Wildman–Crippen LogP) is 2.46. The van der Waals surface area contributed by atoms with Gasteiger partial charge in [-0.05, 0) is 50.9 Å². The summed E-state index contributed by atoms with van der Waals surface area (Å²) in [6.45, 7) is 8.27. The summed E-state index contributed by atoms with van der Waals surface area (Å²) < 4.78 is 22.1. The SMILES string of the molecule is COC(=O)c1ccc(C=C(CN)B2OC(C)(C)C(C)(C)O2)cc1OC. The second-order valence-electron chi connectivity index (χ2n) is 6.96. The standard InChI is InChI=1S/C18H26BNO5/c1-17(2)18(3,4)25-19(24-17)13(11-20)9-12-7-8-14(16(21)23-6)15(10-12)22-5/h7-10H,11,20H2,1-6H3. The van der Waals surface area contributed by atoms with Gasteiger partial charge in [0, 0.05) is 6.54 Å². The highest BCUT2D eigenvalue weighted by Gasteiger charge is 2.52. The molecule has 0 atom stereocenters. The van der Waals surface area contributed by atoms with Crippen LogP contribution in [0.15, 0.2) is 23.7 Å². The van der Waals surface area contributed by atoms with Crippen molar-refractivity contribution in [3.8, 4) is 5.75 Å². The van der Waals surface area contributed by atoms with E-state index in [1.807, 2.05) is 33.8 Å². The second kappa shape index (κ2) is 7.19. The third-order valence-corrected chi connectivity index (χ3v) is 4.77. The average molecular weight is 347 g/mol. The molecule has 1 aromatic carbocycles. The first-order valence-electron chi connectivity index (χ1n) is 8.17. The number of carbonyl (C=O) groups is 1. The average Bonchev–Trinajstić information content (AvgIpc) is 2.79. The van der Waals surface area contributed by atoms with Gasteiger partial charge in [0.2, 0.25) is 0 Å². The van der Waals surface area contributed by atoms with E-state index in [1.54, 1.807) is 18.2 Å². The maximum Gasteiger partial charge on any atom is 0.491 e. The van der Waals surface area contributed by atoms with Crippen molar-refractivity contribution in [1.29, 1.82) is 0 Å². The predicted molar refractivity (Wildman–Crippen MR) is 97.4 cm³/mol. The highest BCUT2D eigenvalue weighted by molar-refractivity contribution is 6.55. The van der Waals surface area contributed by atoms with E-state index >= 15 is 0 Å². The molecule has 25 heavy (non-hydrogen) atoms. The first-order chi connectivity index (χ1) is 11.6. The number of hydrogen-bond acceptors (Lipinski definition) is 6. The monoisotopic (exact) mass is 347 g/mol. The fourth-order valence-electron chi connectivity index (χ4n) is 2.51. The summed E-state index contributed by atoms with van der Waals surface area (Å²) in [5.74, 6) is -0.0109. The molecule has 2 N–H and O–H groups in total. The summed E-state index contributed by atoms with van der Waals surface area (Å²) in [6.07, 6.45) is 1.89. The van der Waals surface area contributed by atoms with E-state index in [0.717, 1.165) is 11.0 Å². The largest absolute Gasteiger partial charge is 0.496 e. The lowest BCUT2D eigenvalue weighted by Gasteiger charge is -2.32. The quantitative estimate of drug-likeness (QED) is 0.651. The minimum absolute atomic E-state index is 0.290. The van der Waals surface area contributed by atoms with Crippen molar-refractivity contribution in [3.63, 3.8) is 0 Å². The van der Waals surface area contributed by atoms with Crippen molar-refractivity contribution in [2.24, 2.45) is 5.73 Å². The normalized spacial score (nSPS) is 19.0. The van der Waals surface area contributed by atoms with Gasteiger partial charge < -0.3 is 24.5 Å². The number of benzene rings is 1. The van der Waals surface area contributed by atoms with Gasteiger partial charge in [-0.3, -0.25) is 0 Å². The smallest absolute Gasteiger partial charge is 0.491 e. The summed E-state index contributed by atoms with van der Waals surface area (Å²) in [5, 5.41) is 0. The van der Waals surface area contributed by atoms with Crippen LogP contribution >= 0.6 is 0 Å². The van der Waals surface area contributed by atoms with Gasteiger partial charge in [-0.2, -0.15) is 0 Å². The van der Waals surface area contributed by atoms with Crippen molar-refractivity contribution in [3.05, 3.63) is 34.8 Å². The van der Waals surface area contributed by atoms with Gasteiger partial charge in [0.15, 0.2) is 0 Å². The Morgan fingerprint density at radius 1 is 1.20 bits per heavy atom. The van der Waals surface area contributed by atoms with Crippen molar-refractivity contribution in [2.45, 2.75) is 38.9 Å². The van der Waals surface area contributed by atoms with E-state index in [9.17, 15) is 4.79 Å². The molecule has 6 nitrogen and oxygen atoms in total. The summed E-state index contributed by atoms with van der Waals surface area (Å²) in [7, 11) is 2.33. The molecule has 7 heteroatoms. The van der Waals surface area contributed by atoms with E-state index in [1.165, 1.54) is 14.2 Å². The topological polar surface area (TPSA) is 80.0 Å². The van der Waals surface area contributed by atoms with Crippen molar-refractivity contribution < 1.29 is 23.6 Å². The highest BCUT2D eigenvalue weighted by atomic mass is 16.7. The molecule has 1 heterocycles. The van der Waals surface area contributed by atoms with Crippen LogP contribution < -0.4 is 10.5 Å². The maximum absolute atomic E-state index is 11.8. The molecule has 1 saturated heterocycles. The highest BCUT2D eigenvalue weighted by Crippen LogP contribution is 2.38. The first-order valence-corrected chi connectivity index (χ1v) is 8.17. The van der Waals surface area contributed by atoms with Gasteiger partial charge in [0.25, 0.3) is 0 Å². The van der Waals surface area contributed by atoms with Crippen LogP contribution in [-0.2, 0) is 14.0 Å². The number of ether oxygens (including phenoxy) is 2. The molecule has 1 aliphatic heterocycles. The molecule has 0 aliphatic carbocycles. The zero-order valence-electron chi connectivity index (χ0n) is 15.7. The Balaban J connectivity index is 2.33. The van der Waals surface area contributed by atoms with Crippen LogP contribution in [0.25, 0.3) is 6.08 Å². The molecule has 1 fully saturated rings. The lowest BCUT2D eigenvalue weighted by molar-refractivity contribution is 0.00578. The van der Waals surface area contributed by atoms with Crippen LogP contribution in [-0.4, -0.2) is 45.1 Å². The van der Waals surface area contributed by atoms with Gasteiger partial charge in [-0.15, -0.1) is 0 Å². The number of methoxy groups -OCH3 is 2. The third kappa shape index (κ3) is 3.89. The number of carbonyl (C=O) groups excluding carboxylic acids is 1. The number of hydrogen-bond donors (Lipinski definition) is 1. The van der Waals surface area contributed by atoms with Gasteiger partial charge in [-0.1, -0.05) is 12.1 Å². The Hall–Kier alpha value is -1.83. The van der Waals surface area contributed by atoms with Crippen LogP contribution in [0.4, 0.5) is 0 Å². The fraction of sp³-hybridized carbons (Fsp3) is 0.500. The summed E-state index contributed by atoms with van der Waals surface area (Å²) in [5.41, 5.74) is 7.06. The third-order valence-electron chi connectivity index (χ3n) is 4.77. The number of rotatable bonds is 5. The van der Waals surface area contributed by atoms with Crippen molar-refractivity contribution in [2.75, 3.05) is 20.8 Å². The second-order valence-corrected chi connectivity index (χ2v) is 6.96. The van der Waals surface area contributed by atoms with E-state index in [-0.39, 0.29) is 6.54 Å². The lowest BCUT2D eigenvalue weighted by Crippen LogP contribution is -2.41. The summed E-state index contributed by atoms with van der Waals surface area (Å²) in [6, 6.07) is 5.22. The number of esters is 1. The molecule has 136 valence electrons. The molecule has 1 aromatic rings. The van der Waals surface area contributed by atoms with Crippen molar-refractivity contribution >= 4 is 19.2 Å². The fourth-order valence-corrected chi connectivity index (χ4v) is 2.51. The van der Waals surface area contributed by atoms with Crippen molar-refractivity contribution in [1.82, 2.24) is 0 Å². The van der Waals surface area contributed by atoms with E-state index in [2.05, 4.69) is 0 Å².